The molecular weight excluding hydrogens is 284 g/mol. The minimum Gasteiger partial charge on any atom is -0.496 e. The minimum atomic E-state index is 0.411. The molecule has 1 aliphatic carbocycles. The molecule has 0 radical (unpaired) electrons. The van der Waals surface area contributed by atoms with Gasteiger partial charge in [-0.3, -0.25) is 4.90 Å². The van der Waals surface area contributed by atoms with E-state index in [1.807, 2.05) is 18.2 Å². The van der Waals surface area contributed by atoms with E-state index in [0.29, 0.717) is 4.99 Å². The summed E-state index contributed by atoms with van der Waals surface area (Å²) < 4.78 is 11.1. The molecule has 0 atom stereocenters. The third-order valence-electron chi connectivity index (χ3n) is 3.67. The molecule has 0 heterocycles. The predicted molar refractivity (Wildman–Crippen MR) is 88.8 cm³/mol. The number of hydrogen-bond donors (Lipinski definition) is 1. The Bertz CT molecular complexity index is 489. The number of nitrogens with zero attached hydrogens (tertiary/aromatic N) is 1. The molecule has 0 aliphatic heterocycles. The fraction of sp³-hybridized carbons (Fsp3) is 0.562. The molecule has 2 N–H and O–H groups in total. The Kier molecular flexibility index (Phi) is 5.96. The van der Waals surface area contributed by atoms with Gasteiger partial charge in [0.1, 0.15) is 10.7 Å². The van der Waals surface area contributed by atoms with Crippen LogP contribution in [0.3, 0.4) is 0 Å². The second-order valence-electron chi connectivity index (χ2n) is 5.65. The van der Waals surface area contributed by atoms with Gasteiger partial charge in [-0.1, -0.05) is 12.2 Å². The van der Waals surface area contributed by atoms with Crippen molar-refractivity contribution in [2.45, 2.75) is 19.4 Å². The SMILES string of the molecule is COc1ccc(C(N)=S)cc1CN(C)CCOCC1CC1. The normalized spacial score (nSPS) is 14.4. The van der Waals surface area contributed by atoms with Crippen molar-refractivity contribution in [1.29, 1.82) is 0 Å². The van der Waals surface area contributed by atoms with E-state index in [4.69, 9.17) is 27.4 Å². The lowest BCUT2D eigenvalue weighted by atomic mass is 10.1. The first-order chi connectivity index (χ1) is 10.1. The minimum absolute atomic E-state index is 0.411. The van der Waals surface area contributed by atoms with Gasteiger partial charge in [-0.25, -0.2) is 0 Å². The van der Waals surface area contributed by atoms with Crippen molar-refractivity contribution in [3.05, 3.63) is 29.3 Å². The number of thiocarbonyl (C=S) groups is 1. The fourth-order valence-electron chi connectivity index (χ4n) is 2.18. The van der Waals surface area contributed by atoms with Crippen LogP contribution >= 0.6 is 12.2 Å². The van der Waals surface area contributed by atoms with E-state index in [9.17, 15) is 0 Å². The molecule has 5 heteroatoms. The van der Waals surface area contributed by atoms with Crippen LogP contribution in [0.25, 0.3) is 0 Å². The summed E-state index contributed by atoms with van der Waals surface area (Å²) in [5.41, 5.74) is 7.66. The number of ether oxygens (including phenoxy) is 2. The van der Waals surface area contributed by atoms with Crippen molar-refractivity contribution in [2.24, 2.45) is 11.7 Å². The first-order valence-electron chi connectivity index (χ1n) is 7.33. The van der Waals surface area contributed by atoms with Gasteiger partial charge in [0.25, 0.3) is 0 Å². The first-order valence-corrected chi connectivity index (χ1v) is 7.74. The van der Waals surface area contributed by atoms with E-state index < -0.39 is 0 Å². The number of hydrogen-bond acceptors (Lipinski definition) is 4. The Hall–Kier alpha value is -1.17. The van der Waals surface area contributed by atoms with Crippen LogP contribution in [-0.2, 0) is 11.3 Å². The van der Waals surface area contributed by atoms with E-state index in [-0.39, 0.29) is 0 Å². The van der Waals surface area contributed by atoms with Gasteiger partial charge in [-0.05, 0) is 44.0 Å². The quantitative estimate of drug-likeness (QED) is 0.560. The maximum Gasteiger partial charge on any atom is 0.123 e. The zero-order chi connectivity index (χ0) is 15.2. The van der Waals surface area contributed by atoms with Crippen LogP contribution in [0.4, 0.5) is 0 Å². The van der Waals surface area contributed by atoms with Crippen LogP contribution in [0.15, 0.2) is 18.2 Å². The summed E-state index contributed by atoms with van der Waals surface area (Å²) in [6, 6.07) is 5.81. The Balaban J connectivity index is 1.86. The molecule has 0 bridgehead atoms. The molecule has 1 aromatic rings. The molecule has 0 unspecified atom stereocenters. The summed E-state index contributed by atoms with van der Waals surface area (Å²) >= 11 is 5.03. The van der Waals surface area contributed by atoms with Crippen LogP contribution in [0.1, 0.15) is 24.0 Å². The highest BCUT2D eigenvalue weighted by atomic mass is 32.1. The highest BCUT2D eigenvalue weighted by Gasteiger charge is 2.21. The van der Waals surface area contributed by atoms with E-state index in [1.165, 1.54) is 12.8 Å². The zero-order valence-electron chi connectivity index (χ0n) is 12.8. The van der Waals surface area contributed by atoms with Crippen LogP contribution in [0.5, 0.6) is 5.75 Å². The van der Waals surface area contributed by atoms with Gasteiger partial charge in [-0.2, -0.15) is 0 Å². The van der Waals surface area contributed by atoms with E-state index in [0.717, 1.165) is 49.1 Å². The van der Waals surface area contributed by atoms with Gasteiger partial charge in [-0.15, -0.1) is 0 Å². The lowest BCUT2D eigenvalue weighted by molar-refractivity contribution is 0.102. The van der Waals surface area contributed by atoms with E-state index in [1.54, 1.807) is 7.11 Å². The van der Waals surface area contributed by atoms with Crippen LogP contribution in [-0.4, -0.2) is 43.8 Å². The second-order valence-corrected chi connectivity index (χ2v) is 6.09. The highest BCUT2D eigenvalue weighted by molar-refractivity contribution is 7.80. The van der Waals surface area contributed by atoms with Crippen molar-refractivity contribution in [1.82, 2.24) is 4.90 Å². The fourth-order valence-corrected chi connectivity index (χ4v) is 2.31. The van der Waals surface area contributed by atoms with Gasteiger partial charge in [0.05, 0.1) is 13.7 Å². The molecular formula is C16H24N2O2S. The number of nitrogens with two attached hydrogens (primary N) is 1. The lowest BCUT2D eigenvalue weighted by Gasteiger charge is -2.19. The molecule has 116 valence electrons. The Morgan fingerprint density at radius 2 is 2.19 bits per heavy atom. The summed E-state index contributed by atoms with van der Waals surface area (Å²) in [5, 5.41) is 0. The molecule has 1 fully saturated rings. The van der Waals surface area contributed by atoms with Crippen molar-refractivity contribution in [2.75, 3.05) is 33.9 Å². The monoisotopic (exact) mass is 308 g/mol. The summed E-state index contributed by atoms with van der Waals surface area (Å²) in [7, 11) is 3.76. The van der Waals surface area contributed by atoms with Crippen molar-refractivity contribution < 1.29 is 9.47 Å². The Labute approximate surface area is 132 Å². The Morgan fingerprint density at radius 3 is 2.81 bits per heavy atom. The lowest BCUT2D eigenvalue weighted by Crippen LogP contribution is -2.23. The average Bonchev–Trinajstić information content (AvgIpc) is 3.27. The van der Waals surface area contributed by atoms with E-state index in [2.05, 4.69) is 11.9 Å². The maximum atomic E-state index is 5.69. The largest absolute Gasteiger partial charge is 0.496 e. The number of methoxy groups -OCH3 is 1. The topological polar surface area (TPSA) is 47.7 Å². The molecule has 0 aromatic heterocycles. The summed E-state index contributed by atoms with van der Waals surface area (Å²) in [6.07, 6.45) is 2.66. The zero-order valence-corrected chi connectivity index (χ0v) is 13.6. The molecule has 21 heavy (non-hydrogen) atoms. The molecule has 0 spiro atoms. The standard InChI is InChI=1S/C16H24N2O2S/c1-18(7-8-20-11-12-3-4-12)10-14-9-13(16(17)21)5-6-15(14)19-2/h5-6,9,12H,3-4,7-8,10-11H2,1-2H3,(H2,17,21). The number of likely N-dealkylation sites (N-methyl/N-ethyl adjacent to an activating group) is 1. The van der Waals surface area contributed by atoms with Gasteiger partial charge >= 0.3 is 0 Å². The van der Waals surface area contributed by atoms with Crippen molar-refractivity contribution >= 4 is 17.2 Å². The summed E-state index contributed by atoms with van der Waals surface area (Å²) in [6.45, 7) is 3.36. The average molecular weight is 308 g/mol. The van der Waals surface area contributed by atoms with Crippen LogP contribution < -0.4 is 10.5 Å². The Morgan fingerprint density at radius 1 is 1.43 bits per heavy atom. The second kappa shape index (κ2) is 7.73. The smallest absolute Gasteiger partial charge is 0.123 e. The van der Waals surface area contributed by atoms with Gasteiger partial charge in [0.15, 0.2) is 0 Å². The predicted octanol–water partition coefficient (Wildman–Crippen LogP) is 2.19. The summed E-state index contributed by atoms with van der Waals surface area (Å²) in [4.78, 5) is 2.63. The molecule has 4 nitrogen and oxygen atoms in total. The van der Waals surface area contributed by atoms with Crippen molar-refractivity contribution in [3.63, 3.8) is 0 Å². The number of benzene rings is 1. The van der Waals surface area contributed by atoms with Gasteiger partial charge in [0, 0.05) is 30.8 Å². The summed E-state index contributed by atoms with van der Waals surface area (Å²) in [5.74, 6) is 1.68. The molecule has 0 amide bonds. The maximum absolute atomic E-state index is 5.69. The third kappa shape index (κ3) is 5.26. The molecule has 1 aromatic carbocycles. The molecule has 1 aliphatic rings. The molecule has 0 saturated heterocycles. The number of rotatable bonds is 9. The molecule has 1 saturated carbocycles. The highest BCUT2D eigenvalue weighted by Crippen LogP contribution is 2.28. The van der Waals surface area contributed by atoms with Crippen molar-refractivity contribution in [3.8, 4) is 5.75 Å². The van der Waals surface area contributed by atoms with Crippen LogP contribution in [0, 0.1) is 5.92 Å². The third-order valence-corrected chi connectivity index (χ3v) is 3.91. The van der Waals surface area contributed by atoms with E-state index >= 15 is 0 Å². The van der Waals surface area contributed by atoms with Crippen LogP contribution in [0.2, 0.25) is 0 Å². The van der Waals surface area contributed by atoms with Gasteiger partial charge < -0.3 is 15.2 Å². The van der Waals surface area contributed by atoms with Gasteiger partial charge in [0.2, 0.25) is 0 Å². The first kappa shape index (κ1) is 16.2. The molecule has 2 rings (SSSR count).